The number of nitrogens with one attached hydrogen (secondary N) is 2. The van der Waals surface area contributed by atoms with Gasteiger partial charge in [-0.3, -0.25) is 4.57 Å². The van der Waals surface area contributed by atoms with Crippen LogP contribution in [0.4, 0.5) is 4.79 Å². The molecule has 156 valence electrons. The lowest BCUT2D eigenvalue weighted by atomic mass is 9.98. The molecular formula is C23H27N5O2. The molecule has 1 aliphatic carbocycles. The highest BCUT2D eigenvalue weighted by Crippen LogP contribution is 2.23. The number of hydrogen-bond acceptors (Lipinski definition) is 4. The zero-order chi connectivity index (χ0) is 20.6. The molecule has 0 radical (unpaired) electrons. The molecule has 1 saturated carbocycles. The third kappa shape index (κ3) is 5.59. The van der Waals surface area contributed by atoms with Crippen molar-refractivity contribution < 1.29 is 9.53 Å². The first-order valence-electron chi connectivity index (χ1n) is 10.5. The molecule has 0 bridgehead atoms. The summed E-state index contributed by atoms with van der Waals surface area (Å²) < 4.78 is 7.93. The number of rotatable bonds is 7. The lowest BCUT2D eigenvalue weighted by molar-refractivity contribution is 0.155. The van der Waals surface area contributed by atoms with E-state index in [1.165, 1.54) is 19.3 Å². The maximum atomic E-state index is 12.2. The highest BCUT2D eigenvalue weighted by Gasteiger charge is 2.14. The molecule has 2 heterocycles. The van der Waals surface area contributed by atoms with E-state index in [1.54, 1.807) is 18.7 Å². The minimum absolute atomic E-state index is 0.215. The molecule has 0 spiro atoms. The normalized spacial score (nSPS) is 14.3. The van der Waals surface area contributed by atoms with E-state index in [0.717, 1.165) is 35.5 Å². The fourth-order valence-corrected chi connectivity index (χ4v) is 3.60. The molecule has 1 fully saturated rings. The van der Waals surface area contributed by atoms with Crippen LogP contribution in [0.5, 0.6) is 5.75 Å². The maximum absolute atomic E-state index is 12.2. The summed E-state index contributed by atoms with van der Waals surface area (Å²) in [5, 5.41) is 5.76. The van der Waals surface area contributed by atoms with Crippen molar-refractivity contribution >= 4 is 6.03 Å². The van der Waals surface area contributed by atoms with E-state index in [1.807, 2.05) is 47.2 Å². The average molecular weight is 406 g/mol. The van der Waals surface area contributed by atoms with Gasteiger partial charge in [-0.2, -0.15) is 0 Å². The zero-order valence-corrected chi connectivity index (χ0v) is 17.0. The summed E-state index contributed by atoms with van der Waals surface area (Å²) in [4.78, 5) is 20.6. The molecule has 7 nitrogen and oxygen atoms in total. The number of carbonyl (C=O) groups excluding carboxylic acids is 1. The van der Waals surface area contributed by atoms with Gasteiger partial charge in [0.05, 0.1) is 6.10 Å². The van der Waals surface area contributed by atoms with Gasteiger partial charge in [0, 0.05) is 31.7 Å². The van der Waals surface area contributed by atoms with Crippen LogP contribution in [0.3, 0.4) is 0 Å². The first kappa shape index (κ1) is 19.9. The van der Waals surface area contributed by atoms with Crippen molar-refractivity contribution in [3.05, 3.63) is 72.4 Å². The summed E-state index contributed by atoms with van der Waals surface area (Å²) in [5.41, 5.74) is 1.95. The molecule has 2 amide bonds. The molecule has 4 rings (SSSR count). The molecule has 0 unspecified atom stereocenters. The smallest absolute Gasteiger partial charge is 0.315 e. The third-order valence-electron chi connectivity index (χ3n) is 5.24. The molecule has 2 N–H and O–H groups in total. The summed E-state index contributed by atoms with van der Waals surface area (Å²) in [7, 11) is 0. The monoisotopic (exact) mass is 405 g/mol. The van der Waals surface area contributed by atoms with Gasteiger partial charge in [0.15, 0.2) is 0 Å². The van der Waals surface area contributed by atoms with Crippen molar-refractivity contribution in [2.45, 2.75) is 51.3 Å². The standard InChI is InChI=1S/C23H27N5O2/c29-23(27-16-19-9-10-22(25-15-19)28-12-11-24-17-28)26-14-18-5-4-8-21(13-18)30-20-6-2-1-3-7-20/h4-5,8-13,15,17,20H,1-3,6-7,14,16H2,(H2,26,27,29). The molecule has 3 aromatic rings. The Labute approximate surface area is 176 Å². The minimum Gasteiger partial charge on any atom is -0.490 e. The van der Waals surface area contributed by atoms with Gasteiger partial charge in [0.25, 0.3) is 0 Å². The van der Waals surface area contributed by atoms with Gasteiger partial charge in [-0.1, -0.05) is 24.6 Å². The third-order valence-corrected chi connectivity index (χ3v) is 5.24. The Morgan fingerprint density at radius 2 is 1.90 bits per heavy atom. The SMILES string of the molecule is O=C(NCc1ccc(-n2ccnc2)nc1)NCc1cccc(OC2CCCCC2)c1. The Bertz CT molecular complexity index is 934. The van der Waals surface area contributed by atoms with E-state index in [9.17, 15) is 4.79 Å². The Kier molecular flexibility index (Phi) is 6.59. The van der Waals surface area contributed by atoms with Gasteiger partial charge in [0.1, 0.15) is 17.9 Å². The summed E-state index contributed by atoms with van der Waals surface area (Å²) in [5.74, 6) is 1.67. The first-order chi connectivity index (χ1) is 14.8. The van der Waals surface area contributed by atoms with Crippen molar-refractivity contribution in [2.75, 3.05) is 0 Å². The Hall–Kier alpha value is -3.35. The first-order valence-corrected chi connectivity index (χ1v) is 10.5. The van der Waals surface area contributed by atoms with Crippen LogP contribution in [0, 0.1) is 0 Å². The molecule has 1 aromatic carbocycles. The van der Waals surface area contributed by atoms with Gasteiger partial charge >= 0.3 is 6.03 Å². The van der Waals surface area contributed by atoms with Crippen molar-refractivity contribution in [3.8, 4) is 11.6 Å². The van der Waals surface area contributed by atoms with Crippen LogP contribution in [0.15, 0.2) is 61.3 Å². The number of amides is 2. The van der Waals surface area contributed by atoms with E-state index in [4.69, 9.17) is 4.74 Å². The fraction of sp³-hybridized carbons (Fsp3) is 0.348. The van der Waals surface area contributed by atoms with Crippen molar-refractivity contribution in [1.29, 1.82) is 0 Å². The number of nitrogens with zero attached hydrogens (tertiary/aromatic N) is 3. The van der Waals surface area contributed by atoms with E-state index in [2.05, 4.69) is 20.6 Å². The molecule has 2 aromatic heterocycles. The van der Waals surface area contributed by atoms with Crippen LogP contribution in [0.2, 0.25) is 0 Å². The number of imidazole rings is 1. The number of ether oxygens (including phenoxy) is 1. The number of aromatic nitrogens is 3. The van der Waals surface area contributed by atoms with Gasteiger partial charge < -0.3 is 15.4 Å². The van der Waals surface area contributed by atoms with Crippen LogP contribution < -0.4 is 15.4 Å². The topological polar surface area (TPSA) is 81.1 Å². The highest BCUT2D eigenvalue weighted by molar-refractivity contribution is 5.73. The zero-order valence-electron chi connectivity index (χ0n) is 17.0. The van der Waals surface area contributed by atoms with Crippen molar-refractivity contribution in [2.24, 2.45) is 0 Å². The molecule has 0 atom stereocenters. The molecule has 7 heteroatoms. The van der Waals surface area contributed by atoms with Crippen LogP contribution in [-0.4, -0.2) is 26.7 Å². The molecule has 0 aliphatic heterocycles. The lowest BCUT2D eigenvalue weighted by Crippen LogP contribution is -2.34. The summed E-state index contributed by atoms with van der Waals surface area (Å²) in [6.45, 7) is 0.861. The molecular weight excluding hydrogens is 378 g/mol. The lowest BCUT2D eigenvalue weighted by Gasteiger charge is -2.23. The predicted molar refractivity (Wildman–Crippen MR) is 114 cm³/mol. The van der Waals surface area contributed by atoms with E-state index < -0.39 is 0 Å². The second kappa shape index (κ2) is 9.91. The van der Waals surface area contributed by atoms with Gasteiger partial charge in [-0.25, -0.2) is 14.8 Å². The number of urea groups is 1. The maximum Gasteiger partial charge on any atom is 0.315 e. The predicted octanol–water partition coefficient (Wildman–Crippen LogP) is 3.98. The summed E-state index contributed by atoms with van der Waals surface area (Å²) in [6, 6.07) is 11.6. The van der Waals surface area contributed by atoms with Crippen LogP contribution in [0.25, 0.3) is 5.82 Å². The number of benzene rings is 1. The Morgan fingerprint density at radius 3 is 2.63 bits per heavy atom. The quantitative estimate of drug-likeness (QED) is 0.623. The van der Waals surface area contributed by atoms with Crippen molar-refractivity contribution in [3.63, 3.8) is 0 Å². The molecule has 30 heavy (non-hydrogen) atoms. The Balaban J connectivity index is 1.22. The highest BCUT2D eigenvalue weighted by atomic mass is 16.5. The second-order valence-electron chi connectivity index (χ2n) is 7.56. The fourth-order valence-electron chi connectivity index (χ4n) is 3.60. The van der Waals surface area contributed by atoms with Gasteiger partial charge in [-0.05, 0) is 55.0 Å². The van der Waals surface area contributed by atoms with E-state index >= 15 is 0 Å². The van der Waals surface area contributed by atoms with Crippen molar-refractivity contribution in [1.82, 2.24) is 25.2 Å². The average Bonchev–Trinajstić information content (AvgIpc) is 3.33. The number of pyridine rings is 1. The summed E-state index contributed by atoms with van der Waals surface area (Å²) >= 11 is 0. The Morgan fingerprint density at radius 1 is 1.07 bits per heavy atom. The summed E-state index contributed by atoms with van der Waals surface area (Å²) in [6.07, 6.45) is 13.4. The minimum atomic E-state index is -0.215. The van der Waals surface area contributed by atoms with E-state index in [-0.39, 0.29) is 6.03 Å². The number of carbonyl (C=O) groups is 1. The van der Waals surface area contributed by atoms with Gasteiger partial charge in [0.2, 0.25) is 0 Å². The molecule has 0 saturated heterocycles. The van der Waals surface area contributed by atoms with Crippen LogP contribution in [0.1, 0.15) is 43.2 Å². The number of hydrogen-bond donors (Lipinski definition) is 2. The second-order valence-corrected chi connectivity index (χ2v) is 7.56. The van der Waals surface area contributed by atoms with E-state index in [0.29, 0.717) is 19.2 Å². The molecule has 1 aliphatic rings. The largest absolute Gasteiger partial charge is 0.490 e. The van der Waals surface area contributed by atoms with Crippen LogP contribution >= 0.6 is 0 Å². The van der Waals surface area contributed by atoms with Gasteiger partial charge in [-0.15, -0.1) is 0 Å². The van der Waals surface area contributed by atoms with Crippen LogP contribution in [-0.2, 0) is 13.1 Å².